The molecular weight excluding hydrogens is 460 g/mol. The quantitative estimate of drug-likeness (QED) is 0.101. The Morgan fingerprint density at radius 2 is 1.44 bits per heavy atom. The highest BCUT2D eigenvalue weighted by atomic mass is 16.6. The molecule has 4 aromatic rings. The maximum atomic E-state index is 11.2. The van der Waals surface area contributed by atoms with E-state index < -0.39 is 4.92 Å². The largest absolute Gasteiger partial charge is 0.619 e. The number of nitrogens with one attached hydrogen (secondary N) is 3. The summed E-state index contributed by atoms with van der Waals surface area (Å²) in [6, 6.07) is 18.7. The van der Waals surface area contributed by atoms with E-state index in [0.29, 0.717) is 28.9 Å². The van der Waals surface area contributed by atoms with Crippen LogP contribution in [0.15, 0.2) is 85.5 Å². The highest BCUT2D eigenvalue weighted by Gasteiger charge is 2.16. The topological polar surface area (TPSA) is 143 Å². The molecule has 10 heteroatoms. The molecule has 2 aromatic carbocycles. The number of aryl methyl sites for hydroxylation is 2. The molecule has 2 aromatic heterocycles. The number of anilines is 2. The average Bonchev–Trinajstić information content (AvgIpc) is 2.85. The molecule has 0 radical (unpaired) electrons. The molecule has 186 valence electrons. The predicted molar refractivity (Wildman–Crippen MR) is 137 cm³/mol. The van der Waals surface area contributed by atoms with Crippen molar-refractivity contribution in [1.29, 1.82) is 5.41 Å². The molecular formula is C26H28N6O4. The van der Waals surface area contributed by atoms with E-state index >= 15 is 0 Å². The second-order valence-electron chi connectivity index (χ2n) is 8.19. The van der Waals surface area contributed by atoms with Gasteiger partial charge < -0.3 is 21.0 Å². The number of nitro groups is 1. The number of hydrogen-bond acceptors (Lipinski definition) is 7. The Balaban J connectivity index is 0.000000202. The van der Waals surface area contributed by atoms with Gasteiger partial charge in [0.15, 0.2) is 11.9 Å². The van der Waals surface area contributed by atoms with E-state index in [2.05, 4.69) is 22.8 Å². The minimum absolute atomic E-state index is 0.112. The monoisotopic (exact) mass is 488 g/mol. The summed E-state index contributed by atoms with van der Waals surface area (Å²) in [7, 11) is 0. The van der Waals surface area contributed by atoms with Gasteiger partial charge in [0, 0.05) is 19.3 Å². The van der Waals surface area contributed by atoms with E-state index in [1.165, 1.54) is 30.1 Å². The maximum Gasteiger partial charge on any atom is 0.304 e. The van der Waals surface area contributed by atoms with Gasteiger partial charge in [-0.1, -0.05) is 59.7 Å². The smallest absolute Gasteiger partial charge is 0.304 e. The minimum Gasteiger partial charge on any atom is -0.619 e. The highest BCUT2D eigenvalue weighted by molar-refractivity contribution is 5.58. The van der Waals surface area contributed by atoms with Crippen LogP contribution < -0.4 is 20.7 Å². The molecule has 0 aliphatic carbocycles. The fourth-order valence-corrected chi connectivity index (χ4v) is 3.20. The van der Waals surface area contributed by atoms with Gasteiger partial charge in [-0.25, -0.2) is 0 Å². The number of nitrogens with zero attached hydrogens (tertiary/aromatic N) is 3. The third kappa shape index (κ3) is 7.59. The lowest BCUT2D eigenvalue weighted by Crippen LogP contribution is -2.25. The second-order valence-corrected chi connectivity index (χ2v) is 8.19. The maximum absolute atomic E-state index is 11.2. The molecule has 10 nitrogen and oxygen atoms in total. The van der Waals surface area contributed by atoms with Gasteiger partial charge in [-0.3, -0.25) is 15.5 Å². The summed E-state index contributed by atoms with van der Waals surface area (Å²) in [5, 5.41) is 45.4. The van der Waals surface area contributed by atoms with Crippen LogP contribution in [0.3, 0.4) is 0 Å². The van der Waals surface area contributed by atoms with Crippen molar-refractivity contribution in [2.24, 2.45) is 0 Å². The lowest BCUT2D eigenvalue weighted by Gasteiger charge is -2.08. The first-order chi connectivity index (χ1) is 17.2. The first-order valence-corrected chi connectivity index (χ1v) is 11.1. The van der Waals surface area contributed by atoms with Crippen LogP contribution in [-0.4, -0.2) is 14.9 Å². The van der Waals surface area contributed by atoms with Gasteiger partial charge in [0.1, 0.15) is 0 Å². The molecule has 0 bridgehead atoms. The Hall–Kier alpha value is -4.86. The lowest BCUT2D eigenvalue weighted by atomic mass is 10.1. The first-order valence-electron chi connectivity index (χ1n) is 11.1. The number of benzene rings is 2. The second kappa shape index (κ2) is 12.0. The van der Waals surface area contributed by atoms with E-state index in [4.69, 9.17) is 5.41 Å². The normalized spacial score (nSPS) is 10.2. The Morgan fingerprint density at radius 1 is 0.917 bits per heavy atom. The van der Waals surface area contributed by atoms with Crippen LogP contribution >= 0.6 is 0 Å². The fraction of sp³-hybridized carbons (Fsp3) is 0.154. The van der Waals surface area contributed by atoms with Crippen LogP contribution in [0, 0.1) is 34.6 Å². The van der Waals surface area contributed by atoms with Gasteiger partial charge in [-0.2, -0.15) is 9.46 Å². The zero-order chi connectivity index (χ0) is 26.1. The summed E-state index contributed by atoms with van der Waals surface area (Å²) < 4.78 is 1.47. The van der Waals surface area contributed by atoms with Gasteiger partial charge >= 0.3 is 5.69 Å². The molecule has 0 unspecified atom stereocenters. The Kier molecular flexibility index (Phi) is 8.60. The van der Waals surface area contributed by atoms with Gasteiger partial charge in [0.2, 0.25) is 6.20 Å². The molecule has 4 rings (SSSR count). The van der Waals surface area contributed by atoms with E-state index in [1.807, 2.05) is 50.2 Å². The van der Waals surface area contributed by atoms with Crippen molar-refractivity contribution < 1.29 is 14.9 Å². The summed E-state index contributed by atoms with van der Waals surface area (Å²) in [5.41, 5.74) is 5.21. The van der Waals surface area contributed by atoms with E-state index in [-0.39, 0.29) is 11.4 Å². The molecule has 2 heterocycles. The fourth-order valence-electron chi connectivity index (χ4n) is 3.20. The van der Waals surface area contributed by atoms with E-state index in [1.54, 1.807) is 0 Å². The third-order valence-corrected chi connectivity index (χ3v) is 5.26. The molecule has 0 aliphatic rings. The van der Waals surface area contributed by atoms with Crippen LogP contribution in [0.1, 0.15) is 22.3 Å². The molecule has 36 heavy (non-hydrogen) atoms. The number of rotatable bonds is 7. The molecule has 0 aliphatic heterocycles. The Morgan fingerprint density at radius 3 is 1.97 bits per heavy atom. The summed E-state index contributed by atoms with van der Waals surface area (Å²) in [5.74, 6) is 0. The Labute approximate surface area is 208 Å². The van der Waals surface area contributed by atoms with Gasteiger partial charge in [-0.15, -0.1) is 0 Å². The van der Waals surface area contributed by atoms with Crippen molar-refractivity contribution in [2.45, 2.75) is 26.9 Å². The average molecular weight is 489 g/mol. The van der Waals surface area contributed by atoms with Crippen molar-refractivity contribution in [3.05, 3.63) is 128 Å². The minimum atomic E-state index is -0.516. The van der Waals surface area contributed by atoms with E-state index in [0.717, 1.165) is 33.8 Å². The molecule has 0 saturated carbocycles. The van der Waals surface area contributed by atoms with Crippen molar-refractivity contribution in [2.75, 3.05) is 10.6 Å². The van der Waals surface area contributed by atoms with Crippen LogP contribution in [-0.2, 0) is 13.1 Å². The van der Waals surface area contributed by atoms with Crippen LogP contribution in [0.5, 0.6) is 0 Å². The summed E-state index contributed by atoms with van der Waals surface area (Å²) in [6.45, 7) is 5.09. The number of aromatic nitrogens is 2. The van der Waals surface area contributed by atoms with Crippen LogP contribution in [0.25, 0.3) is 0 Å². The molecule has 0 fully saturated rings. The van der Waals surface area contributed by atoms with Crippen molar-refractivity contribution in [1.82, 2.24) is 4.73 Å². The molecule has 0 saturated heterocycles. The van der Waals surface area contributed by atoms with Crippen molar-refractivity contribution in [3.8, 4) is 0 Å². The van der Waals surface area contributed by atoms with Crippen LogP contribution in [0.4, 0.5) is 17.1 Å². The number of hydrogen-bond donors (Lipinski definition) is 4. The molecule has 4 N–H and O–H groups in total. The molecule has 0 spiro atoms. The zero-order valence-electron chi connectivity index (χ0n) is 20.0. The standard InChI is InChI=1S/C13H13N3O3.C13H15N3O/c1-10-2-4-11(5-3-10)8-14-12-9-15(17)7-6-13(12)16(18)19;1-10-2-4-11(5-3-10)8-15-13-9-16(17)7-6-12(13)14/h2-7,9,14H,8H2,1H3;2-7,9,14-15,17H,8H2,1H3. The zero-order valence-corrected chi connectivity index (χ0v) is 20.0. The summed E-state index contributed by atoms with van der Waals surface area (Å²) in [4.78, 5) is 10.3. The number of pyridine rings is 2. The first kappa shape index (κ1) is 25.8. The van der Waals surface area contributed by atoms with Gasteiger partial charge in [0.25, 0.3) is 0 Å². The summed E-state index contributed by atoms with van der Waals surface area (Å²) in [6.07, 6.45) is 5.18. The highest BCUT2D eigenvalue weighted by Crippen LogP contribution is 2.22. The van der Waals surface area contributed by atoms with Crippen molar-refractivity contribution >= 4 is 17.1 Å². The lowest BCUT2D eigenvalue weighted by molar-refractivity contribution is -0.605. The Bertz CT molecular complexity index is 1370. The predicted octanol–water partition coefficient (Wildman–Crippen LogP) is 4.27. The molecule has 0 amide bonds. The van der Waals surface area contributed by atoms with Crippen molar-refractivity contribution in [3.63, 3.8) is 0 Å². The van der Waals surface area contributed by atoms with Crippen LogP contribution in [0.2, 0.25) is 0 Å². The van der Waals surface area contributed by atoms with Gasteiger partial charge in [-0.05, 0) is 31.0 Å². The summed E-state index contributed by atoms with van der Waals surface area (Å²) >= 11 is 0. The molecule has 0 atom stereocenters. The van der Waals surface area contributed by atoms with Gasteiger partial charge in [0.05, 0.1) is 28.2 Å². The SMILES string of the molecule is Cc1ccc(CNc2c[n+]([O-])ccc2[N+](=O)[O-])cc1.Cc1ccc(CNc2cn(O)ccc2=N)cc1. The third-order valence-electron chi connectivity index (χ3n) is 5.26. The van der Waals surface area contributed by atoms with E-state index in [9.17, 15) is 20.5 Å².